The highest BCUT2D eigenvalue weighted by Crippen LogP contribution is 2.29. The highest BCUT2D eigenvalue weighted by molar-refractivity contribution is 5.50. The highest BCUT2D eigenvalue weighted by atomic mass is 15.4. The Hall–Kier alpha value is -1.03. The van der Waals surface area contributed by atoms with E-state index in [4.69, 9.17) is 0 Å². The van der Waals surface area contributed by atoms with Crippen LogP contribution in [0.25, 0.3) is 0 Å². The van der Waals surface area contributed by atoms with Gasteiger partial charge in [-0.05, 0) is 38.5 Å². The van der Waals surface area contributed by atoms with E-state index in [9.17, 15) is 0 Å². The third-order valence-electron chi connectivity index (χ3n) is 4.95. The third-order valence-corrected chi connectivity index (χ3v) is 4.95. The first-order valence-corrected chi connectivity index (χ1v) is 8.19. The molecule has 4 heteroatoms. The number of aromatic nitrogens is 2. The van der Waals surface area contributed by atoms with Gasteiger partial charge in [0.05, 0.1) is 5.69 Å². The van der Waals surface area contributed by atoms with Crippen LogP contribution in [0, 0.1) is 12.8 Å². The molecule has 4 nitrogen and oxygen atoms in total. The first-order valence-electron chi connectivity index (χ1n) is 8.19. The highest BCUT2D eigenvalue weighted by Gasteiger charge is 2.26. The number of hydrogen-bond donors (Lipinski definition) is 1. The number of nitrogens with zero attached hydrogens (tertiary/aromatic N) is 3. The molecule has 1 N–H and O–H groups in total. The van der Waals surface area contributed by atoms with Crippen LogP contribution in [0.3, 0.4) is 0 Å². The van der Waals surface area contributed by atoms with Crippen LogP contribution in [-0.4, -0.2) is 28.9 Å². The molecule has 1 aromatic heterocycles. The molecule has 1 aliphatic carbocycles. The van der Waals surface area contributed by atoms with Gasteiger partial charge in [-0.15, -0.1) is 0 Å². The minimum Gasteiger partial charge on any atom is -0.357 e. The van der Waals surface area contributed by atoms with E-state index >= 15 is 0 Å². The summed E-state index contributed by atoms with van der Waals surface area (Å²) in [6.45, 7) is 7.82. The fraction of sp³-hybridized carbons (Fsp3) is 0.812. The third kappa shape index (κ3) is 2.85. The fourth-order valence-electron chi connectivity index (χ4n) is 3.38. The predicted octanol–water partition coefficient (Wildman–Crippen LogP) is 2.61. The second-order valence-corrected chi connectivity index (χ2v) is 6.51. The van der Waals surface area contributed by atoms with Crippen molar-refractivity contribution in [3.8, 4) is 0 Å². The van der Waals surface area contributed by atoms with Crippen LogP contribution < -0.4 is 10.2 Å². The van der Waals surface area contributed by atoms with Gasteiger partial charge >= 0.3 is 0 Å². The van der Waals surface area contributed by atoms with Gasteiger partial charge in [-0.25, -0.2) is 0 Å². The summed E-state index contributed by atoms with van der Waals surface area (Å²) in [6.07, 6.45) is 6.67. The van der Waals surface area contributed by atoms with Crippen LogP contribution in [0.4, 0.5) is 5.82 Å². The van der Waals surface area contributed by atoms with Crippen molar-refractivity contribution in [2.45, 2.75) is 58.5 Å². The lowest BCUT2D eigenvalue weighted by molar-refractivity contribution is 0.391. The first kappa shape index (κ1) is 13.9. The van der Waals surface area contributed by atoms with Gasteiger partial charge in [-0.3, -0.25) is 4.68 Å². The molecule has 2 aliphatic rings. The van der Waals surface area contributed by atoms with Crippen LogP contribution in [0.5, 0.6) is 0 Å². The van der Waals surface area contributed by atoms with E-state index in [1.165, 1.54) is 62.3 Å². The van der Waals surface area contributed by atoms with E-state index in [-0.39, 0.29) is 0 Å². The smallest absolute Gasteiger partial charge is 0.131 e. The van der Waals surface area contributed by atoms with Crippen LogP contribution in [-0.2, 0) is 13.6 Å². The molecule has 0 aromatic carbocycles. The van der Waals surface area contributed by atoms with Crippen molar-refractivity contribution < 1.29 is 0 Å². The molecule has 2 heterocycles. The van der Waals surface area contributed by atoms with Gasteiger partial charge in [-0.1, -0.05) is 13.3 Å². The van der Waals surface area contributed by atoms with Gasteiger partial charge in [-0.2, -0.15) is 5.10 Å². The summed E-state index contributed by atoms with van der Waals surface area (Å²) < 4.78 is 2.09. The molecule has 1 aromatic rings. The molecule has 0 atom stereocenters. The van der Waals surface area contributed by atoms with Crippen molar-refractivity contribution in [3.63, 3.8) is 0 Å². The van der Waals surface area contributed by atoms with Gasteiger partial charge in [0.2, 0.25) is 0 Å². The standard InChI is InChI=1S/C16H28N4/c1-4-13-7-9-20(10-8-13)16-15(11-17-14-5-6-14)12(2)18-19(16)3/h13-14,17H,4-11H2,1-3H3. The Morgan fingerprint density at radius 3 is 2.50 bits per heavy atom. The second kappa shape index (κ2) is 5.76. The van der Waals surface area contributed by atoms with E-state index < -0.39 is 0 Å². The number of piperidine rings is 1. The zero-order valence-electron chi connectivity index (χ0n) is 13.2. The molecule has 1 aliphatic heterocycles. The number of anilines is 1. The topological polar surface area (TPSA) is 33.1 Å². The van der Waals surface area contributed by atoms with Crippen LogP contribution >= 0.6 is 0 Å². The predicted molar refractivity (Wildman–Crippen MR) is 83.0 cm³/mol. The lowest BCUT2D eigenvalue weighted by Gasteiger charge is -2.33. The summed E-state index contributed by atoms with van der Waals surface area (Å²) in [7, 11) is 2.09. The van der Waals surface area contributed by atoms with Crippen LogP contribution in [0.15, 0.2) is 0 Å². The number of rotatable bonds is 5. The minimum atomic E-state index is 0.758. The Labute approximate surface area is 122 Å². The molecule has 1 saturated carbocycles. The molecule has 1 saturated heterocycles. The van der Waals surface area contributed by atoms with E-state index in [2.05, 4.69) is 40.9 Å². The molecule has 0 unspecified atom stereocenters. The number of hydrogen-bond acceptors (Lipinski definition) is 3. The van der Waals surface area contributed by atoms with E-state index in [0.29, 0.717) is 0 Å². The Balaban J connectivity index is 1.73. The van der Waals surface area contributed by atoms with E-state index in [0.717, 1.165) is 18.5 Å². The molecule has 112 valence electrons. The largest absolute Gasteiger partial charge is 0.357 e. The van der Waals surface area contributed by atoms with Crippen molar-refractivity contribution in [2.24, 2.45) is 13.0 Å². The summed E-state index contributed by atoms with van der Waals surface area (Å²) in [4.78, 5) is 2.55. The summed E-state index contributed by atoms with van der Waals surface area (Å²) in [5.74, 6) is 2.28. The molecule has 3 rings (SSSR count). The normalized spacial score (nSPS) is 20.6. The quantitative estimate of drug-likeness (QED) is 0.897. The van der Waals surface area contributed by atoms with Gasteiger partial charge < -0.3 is 10.2 Å². The van der Waals surface area contributed by atoms with E-state index in [1.54, 1.807) is 0 Å². The van der Waals surface area contributed by atoms with Crippen LogP contribution in [0.1, 0.15) is 50.3 Å². The van der Waals surface area contributed by atoms with E-state index in [1.807, 2.05) is 0 Å². The van der Waals surface area contributed by atoms with Crippen LogP contribution in [0.2, 0.25) is 0 Å². The van der Waals surface area contributed by atoms with Gasteiger partial charge in [0.15, 0.2) is 0 Å². The molecule has 2 fully saturated rings. The first-order chi connectivity index (χ1) is 9.69. The maximum absolute atomic E-state index is 4.66. The average molecular weight is 276 g/mol. The van der Waals surface area contributed by atoms with Crippen molar-refractivity contribution in [3.05, 3.63) is 11.3 Å². The maximum atomic E-state index is 4.66. The summed E-state index contributed by atoms with van der Waals surface area (Å²) in [5.41, 5.74) is 2.60. The molecule has 0 radical (unpaired) electrons. The minimum absolute atomic E-state index is 0.758. The maximum Gasteiger partial charge on any atom is 0.131 e. The zero-order chi connectivity index (χ0) is 14.1. The molecule has 20 heavy (non-hydrogen) atoms. The lowest BCUT2D eigenvalue weighted by Crippen LogP contribution is -2.35. The summed E-state index contributed by atoms with van der Waals surface area (Å²) in [6, 6.07) is 0.758. The number of aryl methyl sites for hydroxylation is 2. The SMILES string of the molecule is CCC1CCN(c2c(CNC3CC3)c(C)nn2C)CC1. The number of nitrogens with one attached hydrogen (secondary N) is 1. The van der Waals surface area contributed by atoms with Gasteiger partial charge in [0.1, 0.15) is 5.82 Å². The van der Waals surface area contributed by atoms with Crippen molar-refractivity contribution in [2.75, 3.05) is 18.0 Å². The molecule has 0 amide bonds. The average Bonchev–Trinajstić information content (AvgIpc) is 3.23. The molecular weight excluding hydrogens is 248 g/mol. The Bertz CT molecular complexity index is 453. The summed E-state index contributed by atoms with van der Waals surface area (Å²) >= 11 is 0. The Morgan fingerprint density at radius 1 is 1.20 bits per heavy atom. The Morgan fingerprint density at radius 2 is 1.90 bits per heavy atom. The van der Waals surface area contributed by atoms with Gasteiger partial charge in [0.25, 0.3) is 0 Å². The lowest BCUT2D eigenvalue weighted by atomic mass is 9.94. The fourth-order valence-corrected chi connectivity index (χ4v) is 3.38. The van der Waals surface area contributed by atoms with Crippen molar-refractivity contribution >= 4 is 5.82 Å². The molecule has 0 bridgehead atoms. The van der Waals surface area contributed by atoms with Crippen molar-refractivity contribution in [1.82, 2.24) is 15.1 Å². The zero-order valence-corrected chi connectivity index (χ0v) is 13.2. The monoisotopic (exact) mass is 276 g/mol. The summed E-state index contributed by atoms with van der Waals surface area (Å²) in [5, 5.41) is 8.31. The second-order valence-electron chi connectivity index (χ2n) is 6.51. The molecule has 0 spiro atoms. The Kier molecular flexibility index (Phi) is 4.01. The van der Waals surface area contributed by atoms with Crippen molar-refractivity contribution in [1.29, 1.82) is 0 Å². The molecular formula is C16H28N4. The van der Waals surface area contributed by atoms with Gasteiger partial charge in [0, 0.05) is 38.3 Å².